The number of aliphatic hydroxyl groups excluding tert-OH is 1. The van der Waals surface area contributed by atoms with Crippen LogP contribution in [0.15, 0.2) is 103 Å². The summed E-state index contributed by atoms with van der Waals surface area (Å²) in [6.07, 6.45) is 0. The number of rotatable bonds is 8. The van der Waals surface area contributed by atoms with E-state index in [4.69, 9.17) is 9.47 Å². The van der Waals surface area contributed by atoms with Crippen molar-refractivity contribution in [2.24, 2.45) is 0 Å². The van der Waals surface area contributed by atoms with Crippen LogP contribution in [0, 0.1) is 5.82 Å². The molecule has 0 bridgehead atoms. The lowest BCUT2D eigenvalue weighted by Crippen LogP contribution is -2.29. The fraction of sp³-hybridized carbons (Fsp3) is 0.121. The van der Waals surface area contributed by atoms with Gasteiger partial charge < -0.3 is 14.6 Å². The fourth-order valence-electron chi connectivity index (χ4n) is 4.85. The molecule has 7 nitrogen and oxygen atoms in total. The first-order chi connectivity index (χ1) is 20.4. The summed E-state index contributed by atoms with van der Waals surface area (Å²) in [6.45, 7) is 2.72. The molecule has 0 radical (unpaired) electrons. The molecule has 1 aromatic heterocycles. The number of fused-ring (bicyclic) bond motifs is 1. The van der Waals surface area contributed by atoms with E-state index in [1.807, 2.05) is 37.3 Å². The third-order valence-electron chi connectivity index (χ3n) is 6.87. The van der Waals surface area contributed by atoms with E-state index in [9.17, 15) is 19.1 Å². The molecular weight excluding hydrogens is 555 g/mol. The van der Waals surface area contributed by atoms with Crippen LogP contribution in [-0.2, 0) is 16.2 Å². The Hall–Kier alpha value is -5.02. The number of halogens is 1. The van der Waals surface area contributed by atoms with Crippen LogP contribution in [0.25, 0.3) is 16.0 Å². The van der Waals surface area contributed by atoms with Crippen molar-refractivity contribution < 1.29 is 28.6 Å². The molecular formula is C33H25FN2O5S. The van der Waals surface area contributed by atoms with Crippen molar-refractivity contribution >= 4 is 44.1 Å². The highest BCUT2D eigenvalue weighted by molar-refractivity contribution is 7.22. The number of benzene rings is 4. The molecule has 0 saturated carbocycles. The molecule has 9 heteroatoms. The van der Waals surface area contributed by atoms with E-state index in [0.29, 0.717) is 46.1 Å². The molecule has 1 fully saturated rings. The van der Waals surface area contributed by atoms with Crippen molar-refractivity contribution in [3.63, 3.8) is 0 Å². The first kappa shape index (κ1) is 27.2. The highest BCUT2D eigenvalue weighted by Gasteiger charge is 2.48. The molecule has 4 aromatic carbocycles. The van der Waals surface area contributed by atoms with Crippen LogP contribution in [0.1, 0.15) is 29.7 Å². The maximum atomic E-state index is 13.9. The van der Waals surface area contributed by atoms with E-state index in [1.54, 1.807) is 48.5 Å². The van der Waals surface area contributed by atoms with Crippen LogP contribution in [0.4, 0.5) is 9.52 Å². The van der Waals surface area contributed by atoms with Gasteiger partial charge in [0.2, 0.25) is 0 Å². The summed E-state index contributed by atoms with van der Waals surface area (Å²) in [5.41, 5.74) is 2.35. The van der Waals surface area contributed by atoms with Gasteiger partial charge in [0, 0.05) is 5.56 Å². The monoisotopic (exact) mass is 580 g/mol. The number of thiazole rings is 1. The van der Waals surface area contributed by atoms with Gasteiger partial charge in [0.05, 0.1) is 28.4 Å². The Balaban J connectivity index is 1.42. The van der Waals surface area contributed by atoms with E-state index in [2.05, 4.69) is 4.98 Å². The second kappa shape index (κ2) is 11.5. The van der Waals surface area contributed by atoms with Crippen molar-refractivity contribution in [1.29, 1.82) is 0 Å². The number of ketones is 1. The molecule has 1 aliphatic heterocycles. The second-order valence-electron chi connectivity index (χ2n) is 9.58. The van der Waals surface area contributed by atoms with Gasteiger partial charge in [-0.2, -0.15) is 0 Å². The van der Waals surface area contributed by atoms with Crippen LogP contribution < -0.4 is 14.4 Å². The quantitative estimate of drug-likeness (QED) is 0.120. The number of carbonyl (C=O) groups excluding carboxylic acids is 2. The zero-order valence-corrected chi connectivity index (χ0v) is 23.3. The maximum absolute atomic E-state index is 13.9. The van der Waals surface area contributed by atoms with Crippen molar-refractivity contribution in [2.45, 2.75) is 19.6 Å². The molecule has 42 heavy (non-hydrogen) atoms. The van der Waals surface area contributed by atoms with Crippen LogP contribution >= 0.6 is 11.3 Å². The molecule has 1 unspecified atom stereocenters. The number of nitrogens with zero attached hydrogens (tertiary/aromatic N) is 2. The normalized spacial score (nSPS) is 16.2. The number of amides is 1. The van der Waals surface area contributed by atoms with E-state index in [-0.39, 0.29) is 16.5 Å². The number of hydrogen-bond acceptors (Lipinski definition) is 7. The van der Waals surface area contributed by atoms with E-state index in [0.717, 1.165) is 16.9 Å². The molecule has 0 spiro atoms. The maximum Gasteiger partial charge on any atom is 0.301 e. The van der Waals surface area contributed by atoms with Crippen LogP contribution in [0.2, 0.25) is 0 Å². The Bertz CT molecular complexity index is 1800. The van der Waals surface area contributed by atoms with Gasteiger partial charge >= 0.3 is 5.91 Å². The number of ether oxygens (including phenoxy) is 2. The average molecular weight is 581 g/mol. The SMILES string of the molecule is CCOc1ccc(C(O)=C2C(=O)C(=O)N(c3nc4ccc(F)cc4s3)C2c2ccc(OCc3ccccc3)cc2)cc1. The third-order valence-corrected chi connectivity index (χ3v) is 7.89. The first-order valence-electron chi connectivity index (χ1n) is 13.3. The van der Waals surface area contributed by atoms with Gasteiger partial charge in [0.1, 0.15) is 29.7 Å². The van der Waals surface area contributed by atoms with Crippen LogP contribution in [0.3, 0.4) is 0 Å². The molecule has 0 aliphatic carbocycles. The van der Waals surface area contributed by atoms with E-state index >= 15 is 0 Å². The fourth-order valence-corrected chi connectivity index (χ4v) is 5.87. The standard InChI is InChI=1S/C33H25FN2O5S/c1-2-40-24-15-10-22(11-16-24)30(37)28-29(21-8-13-25(14-9-21)41-19-20-6-4-3-5-7-20)36(32(39)31(28)38)33-35-26-17-12-23(34)18-27(26)42-33/h3-18,29,37H,2,19H2,1H3. The zero-order chi connectivity index (χ0) is 29.2. The molecule has 5 aromatic rings. The smallest absolute Gasteiger partial charge is 0.301 e. The number of aliphatic hydroxyl groups is 1. The summed E-state index contributed by atoms with van der Waals surface area (Å²) < 4.78 is 25.9. The zero-order valence-electron chi connectivity index (χ0n) is 22.5. The molecule has 2 heterocycles. The number of hydrogen-bond donors (Lipinski definition) is 1. The topological polar surface area (TPSA) is 89.0 Å². The molecule has 6 rings (SSSR count). The molecule has 1 aliphatic rings. The van der Waals surface area contributed by atoms with Crippen molar-refractivity contribution in [2.75, 3.05) is 11.5 Å². The van der Waals surface area contributed by atoms with E-state index in [1.165, 1.54) is 23.1 Å². The number of Topliss-reactive ketones (excluding diaryl/α,β-unsaturated/α-hetero) is 1. The predicted octanol–water partition coefficient (Wildman–Crippen LogP) is 7.04. The Morgan fingerprint density at radius 2 is 1.62 bits per heavy atom. The largest absolute Gasteiger partial charge is 0.507 e. The summed E-state index contributed by atoms with van der Waals surface area (Å²) in [5, 5.41) is 11.6. The molecule has 1 N–H and O–H groups in total. The Morgan fingerprint density at radius 1 is 0.929 bits per heavy atom. The van der Waals surface area contributed by atoms with Gasteiger partial charge in [0.15, 0.2) is 5.13 Å². The van der Waals surface area contributed by atoms with Gasteiger partial charge in [-0.05, 0) is 72.6 Å². The average Bonchev–Trinajstić information content (AvgIpc) is 3.54. The number of aromatic nitrogens is 1. The summed E-state index contributed by atoms with van der Waals surface area (Å²) in [7, 11) is 0. The minimum atomic E-state index is -0.981. The first-order valence-corrected chi connectivity index (χ1v) is 14.1. The lowest BCUT2D eigenvalue weighted by Gasteiger charge is -2.23. The lowest BCUT2D eigenvalue weighted by atomic mass is 9.95. The summed E-state index contributed by atoms with van der Waals surface area (Å²) >= 11 is 1.10. The lowest BCUT2D eigenvalue weighted by molar-refractivity contribution is -0.132. The number of carbonyl (C=O) groups is 2. The van der Waals surface area contributed by atoms with Crippen LogP contribution in [-0.4, -0.2) is 28.4 Å². The molecule has 1 atom stereocenters. The van der Waals surface area contributed by atoms with Gasteiger partial charge in [-0.1, -0.05) is 53.8 Å². The molecule has 1 amide bonds. The Morgan fingerprint density at radius 3 is 2.33 bits per heavy atom. The molecule has 1 saturated heterocycles. The van der Waals surface area contributed by atoms with Gasteiger partial charge in [0.25, 0.3) is 5.78 Å². The summed E-state index contributed by atoms with van der Waals surface area (Å²) in [4.78, 5) is 32.8. The van der Waals surface area contributed by atoms with Gasteiger partial charge in [-0.3, -0.25) is 14.5 Å². The van der Waals surface area contributed by atoms with Crippen molar-refractivity contribution in [1.82, 2.24) is 4.98 Å². The van der Waals surface area contributed by atoms with Gasteiger partial charge in [-0.15, -0.1) is 0 Å². The second-order valence-corrected chi connectivity index (χ2v) is 10.6. The van der Waals surface area contributed by atoms with Gasteiger partial charge in [-0.25, -0.2) is 9.37 Å². The Kier molecular flexibility index (Phi) is 7.41. The Labute approximate surface area is 245 Å². The summed E-state index contributed by atoms with van der Waals surface area (Å²) in [6, 6.07) is 26.5. The van der Waals surface area contributed by atoms with Crippen molar-refractivity contribution in [3.05, 3.63) is 125 Å². The minimum Gasteiger partial charge on any atom is -0.507 e. The number of anilines is 1. The minimum absolute atomic E-state index is 0.0763. The summed E-state index contributed by atoms with van der Waals surface area (Å²) in [5.74, 6) is -1.23. The van der Waals surface area contributed by atoms with Crippen molar-refractivity contribution in [3.8, 4) is 11.5 Å². The van der Waals surface area contributed by atoms with E-state index < -0.39 is 23.5 Å². The highest BCUT2D eigenvalue weighted by Crippen LogP contribution is 2.44. The van der Waals surface area contributed by atoms with Crippen LogP contribution in [0.5, 0.6) is 11.5 Å². The highest BCUT2D eigenvalue weighted by atomic mass is 32.1. The predicted molar refractivity (Wildman–Crippen MR) is 159 cm³/mol. The molecule has 210 valence electrons. The third kappa shape index (κ3) is 5.22.